The minimum atomic E-state index is -1.93. The normalized spacial score (nSPS) is 17.8. The van der Waals surface area contributed by atoms with E-state index in [0.717, 1.165) is 21.8 Å². The van der Waals surface area contributed by atoms with Gasteiger partial charge in [-0.15, -0.1) is 5.54 Å². The van der Waals surface area contributed by atoms with Crippen molar-refractivity contribution < 1.29 is 9.31 Å². The highest BCUT2D eigenvalue weighted by molar-refractivity contribution is 6.90. The molecule has 6 heteroatoms. The lowest BCUT2D eigenvalue weighted by atomic mass is 9.74. The minimum Gasteiger partial charge on any atom is -0.399 e. The van der Waals surface area contributed by atoms with Crippen molar-refractivity contribution in [3.05, 3.63) is 34.9 Å². The third kappa shape index (κ3) is 4.48. The zero-order valence-electron chi connectivity index (χ0n) is 21.9. The highest BCUT2D eigenvalue weighted by Gasteiger charge is 2.52. The summed E-state index contributed by atoms with van der Waals surface area (Å²) in [6.45, 7) is 22.2. The molecule has 1 aliphatic heterocycles. The zero-order chi connectivity index (χ0) is 24.9. The fourth-order valence-corrected chi connectivity index (χ4v) is 10.8. The molecule has 0 unspecified atom stereocenters. The maximum atomic E-state index is 6.80. The van der Waals surface area contributed by atoms with E-state index in [2.05, 4.69) is 80.7 Å². The summed E-state index contributed by atoms with van der Waals surface area (Å²) in [5.41, 5.74) is 13.3. The lowest BCUT2D eigenvalue weighted by Gasteiger charge is -2.38. The predicted octanol–water partition coefficient (Wildman–Crippen LogP) is 6.94. The lowest BCUT2D eigenvalue weighted by Crippen LogP contribution is -2.43. The van der Waals surface area contributed by atoms with Gasteiger partial charge >= 0.3 is 7.12 Å². The fraction of sp³-hybridized carbons (Fsp3) is 0.556. The molecule has 0 atom stereocenters. The van der Waals surface area contributed by atoms with Crippen LogP contribution in [0.2, 0.25) is 21.6 Å². The summed E-state index contributed by atoms with van der Waals surface area (Å²) in [6.07, 6.45) is 0. The molecule has 0 spiro atoms. The van der Waals surface area contributed by atoms with Crippen LogP contribution < -0.4 is 11.2 Å². The predicted molar refractivity (Wildman–Crippen MR) is 147 cm³/mol. The smallest absolute Gasteiger partial charge is 0.399 e. The molecule has 2 aromatic carbocycles. The van der Waals surface area contributed by atoms with Crippen LogP contribution in [0.5, 0.6) is 0 Å². The number of benzene rings is 2. The van der Waals surface area contributed by atoms with Gasteiger partial charge in [0, 0.05) is 5.69 Å². The van der Waals surface area contributed by atoms with Crippen LogP contribution in [0.4, 0.5) is 5.69 Å². The van der Waals surface area contributed by atoms with Crippen molar-refractivity contribution in [1.29, 1.82) is 0 Å². The molecule has 3 nitrogen and oxygen atoms in total. The third-order valence-electron chi connectivity index (χ3n) is 7.90. The standard InChI is InChI=1S/C27H39BClNO2Si/c1-17(2)33(18(3)4,19(5)6)14-13-22-24(29)12-11-20-15-21(30)16-23(25(20)22)28-31-26(7,8)27(9,10)32-28/h11-12,15-19H,30H2,1-10H3. The second-order valence-electron chi connectivity index (χ2n) is 11.4. The monoisotopic (exact) mass is 483 g/mol. The Morgan fingerprint density at radius 3 is 1.91 bits per heavy atom. The molecule has 2 aromatic rings. The second-order valence-corrected chi connectivity index (χ2v) is 17.4. The van der Waals surface area contributed by atoms with Crippen LogP contribution in [0, 0.1) is 11.5 Å². The summed E-state index contributed by atoms with van der Waals surface area (Å²) >= 11 is 6.80. The Kier molecular flexibility index (Phi) is 7.11. The Balaban J connectivity index is 2.30. The molecule has 3 rings (SSSR count). The fourth-order valence-electron chi connectivity index (χ4n) is 5.38. The SMILES string of the molecule is CC(C)[Si](C#Cc1c(Cl)ccc2cc(N)cc(B3OC(C)(C)C(C)(C)O3)c12)(C(C)C)C(C)C. The van der Waals surface area contributed by atoms with Gasteiger partial charge in [-0.2, -0.15) is 0 Å². The summed E-state index contributed by atoms with van der Waals surface area (Å²) in [4.78, 5) is 0. The largest absolute Gasteiger partial charge is 0.495 e. The van der Waals surface area contributed by atoms with Gasteiger partial charge in [0.15, 0.2) is 0 Å². The van der Waals surface area contributed by atoms with Gasteiger partial charge in [-0.3, -0.25) is 0 Å². The molecule has 0 bridgehead atoms. The van der Waals surface area contributed by atoms with Gasteiger partial charge < -0.3 is 15.0 Å². The van der Waals surface area contributed by atoms with Gasteiger partial charge in [-0.1, -0.05) is 65.1 Å². The second kappa shape index (κ2) is 8.97. The lowest BCUT2D eigenvalue weighted by molar-refractivity contribution is 0.00578. The molecule has 1 heterocycles. The maximum Gasteiger partial charge on any atom is 0.495 e. The van der Waals surface area contributed by atoms with E-state index in [1.807, 2.05) is 24.3 Å². The summed E-state index contributed by atoms with van der Waals surface area (Å²) in [5.74, 6) is 3.59. The molecular weight excluding hydrogens is 445 g/mol. The van der Waals surface area contributed by atoms with Gasteiger partial charge in [0.2, 0.25) is 0 Å². The molecule has 2 N–H and O–H groups in total. The van der Waals surface area contributed by atoms with Crippen LogP contribution in [0.25, 0.3) is 10.8 Å². The Morgan fingerprint density at radius 1 is 0.909 bits per heavy atom. The van der Waals surface area contributed by atoms with E-state index in [1.165, 1.54) is 0 Å². The van der Waals surface area contributed by atoms with Crippen molar-refractivity contribution in [3.8, 4) is 11.5 Å². The molecule has 0 aromatic heterocycles. The van der Waals surface area contributed by atoms with Crippen LogP contribution in [0.3, 0.4) is 0 Å². The first-order valence-electron chi connectivity index (χ1n) is 12.0. The number of halogens is 1. The molecule has 1 aliphatic rings. The molecular formula is C27H39BClNO2Si. The number of fused-ring (bicyclic) bond motifs is 1. The van der Waals surface area contributed by atoms with Crippen molar-refractivity contribution in [2.24, 2.45) is 0 Å². The van der Waals surface area contributed by atoms with Crippen molar-refractivity contribution in [1.82, 2.24) is 0 Å². The van der Waals surface area contributed by atoms with Gasteiger partial charge in [0.1, 0.15) is 8.07 Å². The van der Waals surface area contributed by atoms with Crippen LogP contribution in [-0.4, -0.2) is 26.4 Å². The quantitative estimate of drug-likeness (QED) is 0.291. The summed E-state index contributed by atoms with van der Waals surface area (Å²) < 4.78 is 12.8. The highest BCUT2D eigenvalue weighted by atomic mass is 35.5. The van der Waals surface area contributed by atoms with E-state index >= 15 is 0 Å². The average Bonchev–Trinajstić information content (AvgIpc) is 2.89. The zero-order valence-corrected chi connectivity index (χ0v) is 23.6. The third-order valence-corrected chi connectivity index (χ3v) is 14.5. The van der Waals surface area contributed by atoms with Gasteiger partial charge in [0.25, 0.3) is 0 Å². The number of nitrogen functional groups attached to an aromatic ring is 1. The molecule has 0 amide bonds. The van der Waals surface area contributed by atoms with Gasteiger partial charge in [-0.25, -0.2) is 0 Å². The molecule has 1 saturated heterocycles. The summed E-state index contributed by atoms with van der Waals surface area (Å²) in [6, 6.07) is 7.85. The van der Waals surface area contributed by atoms with Crippen LogP contribution >= 0.6 is 11.6 Å². The van der Waals surface area contributed by atoms with Crippen LogP contribution in [0.15, 0.2) is 24.3 Å². The molecule has 0 saturated carbocycles. The Hall–Kier alpha value is -1.45. The molecule has 178 valence electrons. The number of hydrogen-bond donors (Lipinski definition) is 1. The van der Waals surface area contributed by atoms with Crippen molar-refractivity contribution in [3.63, 3.8) is 0 Å². The first-order valence-corrected chi connectivity index (χ1v) is 14.7. The van der Waals surface area contributed by atoms with E-state index in [4.69, 9.17) is 26.6 Å². The average molecular weight is 484 g/mol. The Bertz CT molecular complexity index is 1080. The topological polar surface area (TPSA) is 44.5 Å². The maximum absolute atomic E-state index is 6.80. The van der Waals surface area contributed by atoms with Crippen LogP contribution in [-0.2, 0) is 9.31 Å². The van der Waals surface area contributed by atoms with E-state index in [9.17, 15) is 0 Å². The number of nitrogens with two attached hydrogens (primary N) is 1. The highest BCUT2D eigenvalue weighted by Crippen LogP contribution is 2.41. The van der Waals surface area contributed by atoms with E-state index in [-0.39, 0.29) is 0 Å². The van der Waals surface area contributed by atoms with E-state index < -0.39 is 26.4 Å². The summed E-state index contributed by atoms with van der Waals surface area (Å²) in [7, 11) is -2.47. The number of rotatable bonds is 4. The van der Waals surface area contributed by atoms with Gasteiger partial charge in [-0.05, 0) is 78.8 Å². The van der Waals surface area contributed by atoms with Crippen molar-refractivity contribution >= 4 is 48.7 Å². The molecule has 33 heavy (non-hydrogen) atoms. The van der Waals surface area contributed by atoms with E-state index in [1.54, 1.807) is 0 Å². The summed E-state index contributed by atoms with van der Waals surface area (Å²) in [5, 5.41) is 2.62. The van der Waals surface area contributed by atoms with Crippen molar-refractivity contribution in [2.75, 3.05) is 5.73 Å². The van der Waals surface area contributed by atoms with E-state index in [0.29, 0.717) is 27.3 Å². The first-order chi connectivity index (χ1) is 15.1. The molecule has 0 aliphatic carbocycles. The molecule has 1 fully saturated rings. The Morgan fingerprint density at radius 2 is 1.42 bits per heavy atom. The number of anilines is 1. The minimum absolute atomic E-state index is 0.450. The van der Waals surface area contributed by atoms with Gasteiger partial charge in [0.05, 0.1) is 21.8 Å². The Labute approximate surface area is 206 Å². The molecule has 0 radical (unpaired) electrons. The first kappa shape index (κ1) is 26.2. The van der Waals surface area contributed by atoms with Crippen molar-refractivity contribution in [2.45, 2.75) is 97.1 Å². The van der Waals surface area contributed by atoms with Crippen LogP contribution in [0.1, 0.15) is 74.8 Å². The number of hydrogen-bond acceptors (Lipinski definition) is 3.